The van der Waals surface area contributed by atoms with Gasteiger partial charge < -0.3 is 10.3 Å². The number of hydrogen-bond donors (Lipinski definition) is 2. The molecule has 6 nitrogen and oxygen atoms in total. The van der Waals surface area contributed by atoms with E-state index in [1.165, 1.54) is 19.2 Å². The first kappa shape index (κ1) is 14.0. The van der Waals surface area contributed by atoms with Crippen molar-refractivity contribution in [2.45, 2.75) is 38.3 Å². The van der Waals surface area contributed by atoms with Crippen molar-refractivity contribution in [1.29, 1.82) is 0 Å². The molecular formula is C17H19N5O. The van der Waals surface area contributed by atoms with E-state index in [1.54, 1.807) is 0 Å². The molecule has 3 aromatic rings. The zero-order chi connectivity index (χ0) is 15.6. The van der Waals surface area contributed by atoms with Crippen molar-refractivity contribution in [3.05, 3.63) is 52.6 Å². The molecule has 6 heteroatoms. The minimum Gasteiger partial charge on any atom is -0.353 e. The van der Waals surface area contributed by atoms with Crippen LogP contribution in [0.2, 0.25) is 0 Å². The van der Waals surface area contributed by atoms with Gasteiger partial charge in [-0.2, -0.15) is 0 Å². The standard InChI is InChI=1S/C17H19N5O/c23-16-14-15(18-11-19-16)22(10-12-6-2-1-3-7-12)17(21-14)20-13-8-4-5-9-13/h1-3,6-7,11,13H,4-5,8-10H2,(H,20,21)(H,18,19,23). The molecule has 0 saturated heterocycles. The number of H-pyrrole nitrogens is 1. The third kappa shape index (κ3) is 2.72. The fourth-order valence-electron chi connectivity index (χ4n) is 3.23. The molecule has 0 unspecified atom stereocenters. The van der Waals surface area contributed by atoms with Crippen molar-refractivity contribution in [1.82, 2.24) is 19.5 Å². The van der Waals surface area contributed by atoms with E-state index in [1.807, 2.05) is 22.8 Å². The van der Waals surface area contributed by atoms with Crippen LogP contribution in [0, 0.1) is 0 Å². The van der Waals surface area contributed by atoms with E-state index in [0.717, 1.165) is 24.4 Å². The number of rotatable bonds is 4. The maximum absolute atomic E-state index is 12.0. The van der Waals surface area contributed by atoms with E-state index < -0.39 is 0 Å². The number of aromatic nitrogens is 4. The largest absolute Gasteiger partial charge is 0.353 e. The zero-order valence-electron chi connectivity index (χ0n) is 12.8. The first-order chi connectivity index (χ1) is 11.3. The average molecular weight is 309 g/mol. The molecule has 23 heavy (non-hydrogen) atoms. The predicted octanol–water partition coefficient (Wildman–Crippen LogP) is 2.52. The maximum Gasteiger partial charge on any atom is 0.278 e. The van der Waals surface area contributed by atoms with Crippen LogP contribution >= 0.6 is 0 Å². The highest BCUT2D eigenvalue weighted by atomic mass is 16.1. The van der Waals surface area contributed by atoms with Gasteiger partial charge in [0, 0.05) is 6.04 Å². The molecular weight excluding hydrogens is 290 g/mol. The molecule has 0 spiro atoms. The van der Waals surface area contributed by atoms with E-state index in [9.17, 15) is 4.79 Å². The van der Waals surface area contributed by atoms with Crippen LogP contribution in [0.3, 0.4) is 0 Å². The van der Waals surface area contributed by atoms with Gasteiger partial charge in [0.1, 0.15) is 0 Å². The number of imidazole rings is 1. The van der Waals surface area contributed by atoms with Gasteiger partial charge in [-0.3, -0.25) is 9.36 Å². The lowest BCUT2D eigenvalue weighted by Crippen LogP contribution is -2.18. The van der Waals surface area contributed by atoms with Crippen molar-refractivity contribution in [3.63, 3.8) is 0 Å². The Morgan fingerprint density at radius 2 is 2.00 bits per heavy atom. The van der Waals surface area contributed by atoms with Crippen molar-refractivity contribution in [2.75, 3.05) is 5.32 Å². The van der Waals surface area contributed by atoms with Gasteiger partial charge in [0.05, 0.1) is 12.9 Å². The monoisotopic (exact) mass is 309 g/mol. The summed E-state index contributed by atoms with van der Waals surface area (Å²) in [5, 5.41) is 3.51. The van der Waals surface area contributed by atoms with Gasteiger partial charge in [-0.05, 0) is 18.4 Å². The Morgan fingerprint density at radius 3 is 2.78 bits per heavy atom. The Kier molecular flexibility index (Phi) is 3.57. The van der Waals surface area contributed by atoms with Crippen LogP contribution in [-0.4, -0.2) is 25.6 Å². The summed E-state index contributed by atoms with van der Waals surface area (Å²) < 4.78 is 2.00. The summed E-state index contributed by atoms with van der Waals surface area (Å²) in [5.41, 5.74) is 1.97. The first-order valence-electron chi connectivity index (χ1n) is 8.05. The number of benzene rings is 1. The SMILES string of the molecule is O=c1[nH]cnc2c1nc(NC1CCCC1)n2Cc1ccccc1. The number of anilines is 1. The van der Waals surface area contributed by atoms with Crippen LogP contribution in [0.4, 0.5) is 5.95 Å². The Morgan fingerprint density at radius 1 is 1.22 bits per heavy atom. The number of nitrogens with zero attached hydrogens (tertiary/aromatic N) is 3. The highest BCUT2D eigenvalue weighted by Gasteiger charge is 2.20. The number of fused-ring (bicyclic) bond motifs is 1. The van der Waals surface area contributed by atoms with Gasteiger partial charge >= 0.3 is 0 Å². The normalized spacial score (nSPS) is 15.3. The molecule has 1 fully saturated rings. The van der Waals surface area contributed by atoms with Gasteiger partial charge in [0.2, 0.25) is 5.95 Å². The predicted molar refractivity (Wildman–Crippen MR) is 89.6 cm³/mol. The molecule has 0 aliphatic heterocycles. The third-order valence-corrected chi connectivity index (χ3v) is 4.41. The molecule has 2 heterocycles. The summed E-state index contributed by atoms with van der Waals surface area (Å²) in [4.78, 5) is 23.5. The van der Waals surface area contributed by atoms with Gasteiger partial charge in [-0.25, -0.2) is 9.97 Å². The Hall–Kier alpha value is -2.63. The quantitative estimate of drug-likeness (QED) is 0.776. The molecule has 0 radical (unpaired) electrons. The van der Waals surface area contributed by atoms with E-state index >= 15 is 0 Å². The second kappa shape index (κ2) is 5.87. The minimum atomic E-state index is -0.198. The second-order valence-electron chi connectivity index (χ2n) is 6.04. The Labute approximate surface area is 133 Å². The lowest BCUT2D eigenvalue weighted by molar-refractivity contribution is 0.720. The molecule has 1 aliphatic carbocycles. The van der Waals surface area contributed by atoms with Gasteiger partial charge in [-0.1, -0.05) is 43.2 Å². The summed E-state index contributed by atoms with van der Waals surface area (Å²) in [7, 11) is 0. The minimum absolute atomic E-state index is 0.198. The van der Waals surface area contributed by atoms with E-state index in [-0.39, 0.29) is 5.56 Å². The van der Waals surface area contributed by atoms with E-state index in [2.05, 4.69) is 32.4 Å². The Balaban J connectivity index is 1.78. The van der Waals surface area contributed by atoms with Crippen molar-refractivity contribution < 1.29 is 0 Å². The van der Waals surface area contributed by atoms with Gasteiger partial charge in [-0.15, -0.1) is 0 Å². The highest BCUT2D eigenvalue weighted by molar-refractivity contribution is 5.73. The van der Waals surface area contributed by atoms with Crippen LogP contribution in [-0.2, 0) is 6.54 Å². The van der Waals surface area contributed by atoms with Crippen LogP contribution in [0.5, 0.6) is 0 Å². The van der Waals surface area contributed by atoms with Crippen LogP contribution in [0.1, 0.15) is 31.2 Å². The van der Waals surface area contributed by atoms with Crippen LogP contribution in [0.15, 0.2) is 41.5 Å². The molecule has 1 aromatic carbocycles. The summed E-state index contributed by atoms with van der Waals surface area (Å²) in [6.45, 7) is 0.642. The Bertz CT molecular complexity index is 862. The summed E-state index contributed by atoms with van der Waals surface area (Å²) in [6.07, 6.45) is 6.23. The van der Waals surface area contributed by atoms with Crippen molar-refractivity contribution in [2.24, 2.45) is 0 Å². The molecule has 2 aromatic heterocycles. The average Bonchev–Trinajstić information content (AvgIpc) is 3.19. The lowest BCUT2D eigenvalue weighted by Gasteiger charge is -2.15. The van der Waals surface area contributed by atoms with Crippen molar-refractivity contribution >= 4 is 17.1 Å². The van der Waals surface area contributed by atoms with Gasteiger partial charge in [0.25, 0.3) is 5.56 Å². The molecule has 118 valence electrons. The summed E-state index contributed by atoms with van der Waals surface area (Å²) in [6, 6.07) is 10.6. The summed E-state index contributed by atoms with van der Waals surface area (Å²) in [5.74, 6) is 0.736. The highest BCUT2D eigenvalue weighted by Crippen LogP contribution is 2.24. The fraction of sp³-hybridized carbons (Fsp3) is 0.353. The van der Waals surface area contributed by atoms with Gasteiger partial charge in [0.15, 0.2) is 11.2 Å². The molecule has 1 aliphatic rings. The molecule has 0 amide bonds. The number of nitrogens with one attached hydrogen (secondary N) is 2. The summed E-state index contributed by atoms with van der Waals surface area (Å²) >= 11 is 0. The molecule has 0 bridgehead atoms. The number of hydrogen-bond acceptors (Lipinski definition) is 4. The molecule has 1 saturated carbocycles. The second-order valence-corrected chi connectivity index (χ2v) is 6.04. The van der Waals surface area contributed by atoms with Crippen molar-refractivity contribution in [3.8, 4) is 0 Å². The molecule has 2 N–H and O–H groups in total. The lowest BCUT2D eigenvalue weighted by atomic mass is 10.2. The molecule has 4 rings (SSSR count). The topological polar surface area (TPSA) is 75.6 Å². The van der Waals surface area contributed by atoms with Crippen LogP contribution < -0.4 is 10.9 Å². The first-order valence-corrected chi connectivity index (χ1v) is 8.05. The van der Waals surface area contributed by atoms with E-state index in [4.69, 9.17) is 0 Å². The van der Waals surface area contributed by atoms with E-state index in [0.29, 0.717) is 23.8 Å². The van der Waals surface area contributed by atoms with Crippen LogP contribution in [0.25, 0.3) is 11.2 Å². The smallest absolute Gasteiger partial charge is 0.278 e. The third-order valence-electron chi connectivity index (χ3n) is 4.41. The maximum atomic E-state index is 12.0. The zero-order valence-corrected chi connectivity index (χ0v) is 12.8. The molecule has 0 atom stereocenters. The fourth-order valence-corrected chi connectivity index (χ4v) is 3.23. The number of aromatic amines is 1.